The fraction of sp³-hybridized carbons (Fsp3) is 0.250. The molecule has 18 heavy (non-hydrogen) atoms. The van der Waals surface area contributed by atoms with Gasteiger partial charge in [0.2, 0.25) is 0 Å². The third kappa shape index (κ3) is 2.34. The second-order valence-corrected chi connectivity index (χ2v) is 4.93. The van der Waals surface area contributed by atoms with Gasteiger partial charge in [0.1, 0.15) is 0 Å². The van der Waals surface area contributed by atoms with Crippen LogP contribution < -0.4 is 11.1 Å². The van der Waals surface area contributed by atoms with Gasteiger partial charge in [-0.25, -0.2) is 13.8 Å². The summed E-state index contributed by atoms with van der Waals surface area (Å²) in [5, 5.41) is 3.62. The van der Waals surface area contributed by atoms with E-state index in [-0.39, 0.29) is 6.04 Å². The molecule has 0 saturated carbocycles. The molecule has 0 aliphatic rings. The maximum atomic E-state index is 13.2. The van der Waals surface area contributed by atoms with E-state index < -0.39 is 11.6 Å². The van der Waals surface area contributed by atoms with Crippen molar-refractivity contribution >= 4 is 16.5 Å². The second-order valence-electron chi connectivity index (χ2n) is 3.90. The topological polar surface area (TPSA) is 50.9 Å². The van der Waals surface area contributed by atoms with Crippen molar-refractivity contribution < 1.29 is 8.78 Å². The first-order chi connectivity index (χ1) is 8.52. The van der Waals surface area contributed by atoms with Crippen LogP contribution in [0.2, 0.25) is 0 Å². The van der Waals surface area contributed by atoms with E-state index >= 15 is 0 Å². The highest BCUT2D eigenvalue weighted by Crippen LogP contribution is 2.34. The van der Waals surface area contributed by atoms with E-state index in [1.165, 1.54) is 17.4 Å². The van der Waals surface area contributed by atoms with Crippen molar-refractivity contribution in [3.8, 4) is 11.3 Å². The number of thiazole rings is 1. The molecule has 1 aromatic carbocycles. The van der Waals surface area contributed by atoms with Crippen LogP contribution in [0.1, 0.15) is 17.8 Å². The Morgan fingerprint density at radius 1 is 1.33 bits per heavy atom. The van der Waals surface area contributed by atoms with Gasteiger partial charge >= 0.3 is 0 Å². The summed E-state index contributed by atoms with van der Waals surface area (Å²) in [7, 11) is 1.75. The fourth-order valence-corrected chi connectivity index (χ4v) is 2.49. The van der Waals surface area contributed by atoms with Crippen LogP contribution >= 0.6 is 11.3 Å². The minimum Gasteiger partial charge on any atom is -0.365 e. The molecule has 1 unspecified atom stereocenters. The highest BCUT2D eigenvalue weighted by Gasteiger charge is 2.16. The van der Waals surface area contributed by atoms with Gasteiger partial charge in [-0.1, -0.05) is 11.3 Å². The SMILES string of the molecule is CNc1nc(-c2ccc(F)c(F)c2)c(C(C)N)s1. The Morgan fingerprint density at radius 2 is 2.06 bits per heavy atom. The number of halogens is 2. The van der Waals surface area contributed by atoms with Crippen LogP contribution in [0.3, 0.4) is 0 Å². The number of hydrogen-bond acceptors (Lipinski definition) is 4. The zero-order valence-corrected chi connectivity index (χ0v) is 10.8. The second kappa shape index (κ2) is 4.99. The van der Waals surface area contributed by atoms with Crippen LogP contribution in [0.4, 0.5) is 13.9 Å². The largest absolute Gasteiger partial charge is 0.365 e. The molecule has 0 saturated heterocycles. The van der Waals surface area contributed by atoms with E-state index in [0.29, 0.717) is 16.4 Å². The van der Waals surface area contributed by atoms with E-state index in [9.17, 15) is 8.78 Å². The molecule has 2 rings (SSSR count). The van der Waals surface area contributed by atoms with Crippen LogP contribution in [0, 0.1) is 11.6 Å². The molecular formula is C12H13F2N3S. The number of hydrogen-bond donors (Lipinski definition) is 2. The zero-order valence-electron chi connectivity index (χ0n) is 10.00. The van der Waals surface area contributed by atoms with Crippen molar-refractivity contribution in [2.24, 2.45) is 5.73 Å². The van der Waals surface area contributed by atoms with E-state index in [1.807, 2.05) is 6.92 Å². The molecule has 6 heteroatoms. The van der Waals surface area contributed by atoms with Crippen molar-refractivity contribution in [2.45, 2.75) is 13.0 Å². The number of rotatable bonds is 3. The summed E-state index contributed by atoms with van der Waals surface area (Å²) in [5.41, 5.74) is 6.99. The van der Waals surface area contributed by atoms with Gasteiger partial charge in [0.05, 0.1) is 10.6 Å². The molecule has 2 aromatic rings. The molecule has 3 nitrogen and oxygen atoms in total. The minimum atomic E-state index is -0.887. The molecule has 3 N–H and O–H groups in total. The van der Waals surface area contributed by atoms with E-state index in [1.54, 1.807) is 7.05 Å². The van der Waals surface area contributed by atoms with Crippen molar-refractivity contribution in [2.75, 3.05) is 12.4 Å². The molecule has 1 aromatic heterocycles. The summed E-state index contributed by atoms with van der Waals surface area (Å²) in [5.74, 6) is -1.76. The number of aromatic nitrogens is 1. The number of nitrogens with zero attached hydrogens (tertiary/aromatic N) is 1. The first kappa shape index (κ1) is 12.9. The smallest absolute Gasteiger partial charge is 0.183 e. The van der Waals surface area contributed by atoms with Gasteiger partial charge in [-0.05, 0) is 25.1 Å². The minimum absolute atomic E-state index is 0.215. The maximum Gasteiger partial charge on any atom is 0.183 e. The molecule has 0 amide bonds. The van der Waals surface area contributed by atoms with Gasteiger partial charge in [0.25, 0.3) is 0 Å². The van der Waals surface area contributed by atoms with Crippen molar-refractivity contribution in [3.63, 3.8) is 0 Å². The third-order valence-electron chi connectivity index (χ3n) is 2.47. The Labute approximate surface area is 108 Å². The zero-order chi connectivity index (χ0) is 13.3. The molecule has 1 heterocycles. The summed E-state index contributed by atoms with van der Waals surface area (Å²) < 4.78 is 26.2. The number of nitrogens with one attached hydrogen (secondary N) is 1. The Hall–Kier alpha value is -1.53. The van der Waals surface area contributed by atoms with Crippen LogP contribution in [0.5, 0.6) is 0 Å². The van der Waals surface area contributed by atoms with Gasteiger partial charge in [0, 0.05) is 18.7 Å². The van der Waals surface area contributed by atoms with Gasteiger partial charge in [0.15, 0.2) is 16.8 Å². The molecule has 96 valence electrons. The molecular weight excluding hydrogens is 256 g/mol. The number of anilines is 1. The highest BCUT2D eigenvalue weighted by molar-refractivity contribution is 7.16. The van der Waals surface area contributed by atoms with E-state index in [2.05, 4.69) is 10.3 Å². The predicted octanol–water partition coefficient (Wildman–Crippen LogP) is 3.15. The first-order valence-corrected chi connectivity index (χ1v) is 6.24. The van der Waals surface area contributed by atoms with Crippen molar-refractivity contribution in [3.05, 3.63) is 34.7 Å². The molecule has 1 atom stereocenters. The lowest BCUT2D eigenvalue weighted by molar-refractivity contribution is 0.509. The average molecular weight is 269 g/mol. The van der Waals surface area contributed by atoms with Crippen LogP contribution in [-0.4, -0.2) is 12.0 Å². The van der Waals surface area contributed by atoms with Gasteiger partial charge < -0.3 is 11.1 Å². The summed E-state index contributed by atoms with van der Waals surface area (Å²) in [4.78, 5) is 5.17. The first-order valence-electron chi connectivity index (χ1n) is 5.42. The Morgan fingerprint density at radius 3 is 2.61 bits per heavy atom. The molecule has 0 bridgehead atoms. The van der Waals surface area contributed by atoms with Crippen molar-refractivity contribution in [1.82, 2.24) is 4.98 Å². The van der Waals surface area contributed by atoms with Gasteiger partial charge in [-0.2, -0.15) is 0 Å². The Bertz CT molecular complexity index is 566. The van der Waals surface area contributed by atoms with Crippen molar-refractivity contribution in [1.29, 1.82) is 0 Å². The summed E-state index contributed by atoms with van der Waals surface area (Å²) >= 11 is 1.41. The lowest BCUT2D eigenvalue weighted by atomic mass is 10.1. The molecule has 0 radical (unpaired) electrons. The van der Waals surface area contributed by atoms with E-state index in [0.717, 1.165) is 17.0 Å². The Balaban J connectivity index is 2.54. The lowest BCUT2D eigenvalue weighted by Crippen LogP contribution is -2.04. The van der Waals surface area contributed by atoms with E-state index in [4.69, 9.17) is 5.73 Å². The van der Waals surface area contributed by atoms with Gasteiger partial charge in [-0.3, -0.25) is 0 Å². The Kier molecular flexibility index (Phi) is 3.58. The lowest BCUT2D eigenvalue weighted by Gasteiger charge is -2.05. The van der Waals surface area contributed by atoms with Crippen LogP contribution in [-0.2, 0) is 0 Å². The fourth-order valence-electron chi connectivity index (χ4n) is 1.60. The quantitative estimate of drug-likeness (QED) is 0.900. The number of nitrogens with two attached hydrogens (primary N) is 1. The third-order valence-corrected chi connectivity index (χ3v) is 3.75. The number of benzene rings is 1. The summed E-state index contributed by atoms with van der Waals surface area (Å²) in [6.07, 6.45) is 0. The molecule has 0 fully saturated rings. The molecule has 0 spiro atoms. The summed E-state index contributed by atoms with van der Waals surface area (Å²) in [6.45, 7) is 1.83. The van der Waals surface area contributed by atoms with Gasteiger partial charge in [-0.15, -0.1) is 0 Å². The maximum absolute atomic E-state index is 13.2. The van der Waals surface area contributed by atoms with Crippen LogP contribution in [0.25, 0.3) is 11.3 Å². The highest BCUT2D eigenvalue weighted by atomic mass is 32.1. The standard InChI is InChI=1S/C12H13F2N3S/c1-6(15)11-10(17-12(16-2)18-11)7-3-4-8(13)9(14)5-7/h3-6H,15H2,1-2H3,(H,16,17). The average Bonchev–Trinajstić information content (AvgIpc) is 2.77. The molecule has 0 aliphatic heterocycles. The summed E-state index contributed by atoms with van der Waals surface area (Å²) in [6, 6.07) is 3.51. The van der Waals surface area contributed by atoms with Crippen LogP contribution in [0.15, 0.2) is 18.2 Å². The molecule has 0 aliphatic carbocycles. The predicted molar refractivity (Wildman–Crippen MR) is 69.6 cm³/mol. The monoisotopic (exact) mass is 269 g/mol. The normalized spacial score (nSPS) is 12.5.